The number of hydrogen-bond acceptors (Lipinski definition) is 2. The molecule has 1 aromatic carbocycles. The average Bonchev–Trinajstić information content (AvgIpc) is 2.66. The van der Waals surface area contributed by atoms with Crippen LogP contribution in [0.15, 0.2) is 30.3 Å². The van der Waals surface area contributed by atoms with Gasteiger partial charge >= 0.3 is 0 Å². The maximum absolute atomic E-state index is 12.1. The maximum Gasteiger partial charge on any atom is 0.215 e. The fourth-order valence-corrected chi connectivity index (χ4v) is 3.73. The van der Waals surface area contributed by atoms with Gasteiger partial charge in [-0.15, -0.1) is 0 Å². The fourth-order valence-electron chi connectivity index (χ4n) is 2.60. The molecule has 0 radical (unpaired) electrons. The number of nitrogens with zero attached hydrogens (tertiary/aromatic N) is 1. The molecule has 0 bridgehead atoms. The summed E-state index contributed by atoms with van der Waals surface area (Å²) in [7, 11) is -1.27. The minimum absolute atomic E-state index is 0.0292. The monoisotopic (exact) mass is 320 g/mol. The number of sulfonamides is 1. The summed E-state index contributed by atoms with van der Waals surface area (Å²) < 4.78 is 29.1. The Morgan fingerprint density at radius 1 is 1.14 bits per heavy atom. The molecule has 4 nitrogen and oxygen atoms in total. The molecule has 1 N–H and O–H groups in total. The molecule has 0 fully saturated rings. The first-order chi connectivity index (χ1) is 10.3. The molecule has 0 atom stereocenters. The first kappa shape index (κ1) is 16.8. The molecule has 0 saturated heterocycles. The van der Waals surface area contributed by atoms with Gasteiger partial charge in [0.05, 0.1) is 5.75 Å². The highest BCUT2D eigenvalue weighted by molar-refractivity contribution is 7.88. The molecular formula is C17H24N2O2S. The number of rotatable bonds is 6. The van der Waals surface area contributed by atoms with E-state index in [1.807, 2.05) is 38.2 Å². The van der Waals surface area contributed by atoms with Crippen molar-refractivity contribution in [1.82, 2.24) is 9.29 Å². The Morgan fingerprint density at radius 3 is 2.45 bits per heavy atom. The smallest absolute Gasteiger partial charge is 0.215 e. The molecule has 2 aromatic rings. The van der Waals surface area contributed by atoms with E-state index in [-0.39, 0.29) is 5.75 Å². The molecule has 22 heavy (non-hydrogen) atoms. The van der Waals surface area contributed by atoms with Gasteiger partial charge in [0.2, 0.25) is 10.0 Å². The zero-order valence-electron chi connectivity index (χ0n) is 13.7. The van der Waals surface area contributed by atoms with Crippen LogP contribution in [0.4, 0.5) is 0 Å². The van der Waals surface area contributed by atoms with Gasteiger partial charge in [-0.25, -0.2) is 13.1 Å². The van der Waals surface area contributed by atoms with Crippen LogP contribution < -0.4 is 4.72 Å². The van der Waals surface area contributed by atoms with Crippen molar-refractivity contribution in [2.24, 2.45) is 7.05 Å². The van der Waals surface area contributed by atoms with Gasteiger partial charge in [0.1, 0.15) is 0 Å². The number of aromatic nitrogens is 1. The third-order valence-electron chi connectivity index (χ3n) is 4.04. The molecule has 0 saturated carbocycles. The highest BCUT2D eigenvalue weighted by Gasteiger charge is 2.12. The number of hydrogen-bond donors (Lipinski definition) is 1. The summed E-state index contributed by atoms with van der Waals surface area (Å²) in [5.74, 6) is 0.0292. The third kappa shape index (κ3) is 4.21. The van der Waals surface area contributed by atoms with Crippen molar-refractivity contribution in [2.45, 2.75) is 32.9 Å². The van der Waals surface area contributed by atoms with E-state index >= 15 is 0 Å². The van der Waals surface area contributed by atoms with E-state index < -0.39 is 10.0 Å². The summed E-state index contributed by atoms with van der Waals surface area (Å²) in [6.45, 7) is 6.50. The molecule has 0 aliphatic carbocycles. The van der Waals surface area contributed by atoms with E-state index in [4.69, 9.17) is 0 Å². The van der Waals surface area contributed by atoms with Gasteiger partial charge in [0, 0.05) is 25.0 Å². The second kappa shape index (κ2) is 6.67. The standard InChI is InChI=1S/C17H24N2O2S/c1-13-6-5-7-16(10-13)12-22(20,21)18-9-8-17-11-14(2)19(4)15(17)3/h5-7,10-11,18H,8-9,12H2,1-4H3. The van der Waals surface area contributed by atoms with Crippen molar-refractivity contribution < 1.29 is 8.42 Å². The molecule has 1 aromatic heterocycles. The lowest BCUT2D eigenvalue weighted by Gasteiger charge is -2.08. The van der Waals surface area contributed by atoms with Gasteiger partial charge < -0.3 is 4.57 Å². The Kier molecular flexibility index (Phi) is 5.08. The first-order valence-corrected chi connectivity index (χ1v) is 9.08. The van der Waals surface area contributed by atoms with Crippen molar-refractivity contribution in [3.63, 3.8) is 0 Å². The molecule has 0 aliphatic heterocycles. The zero-order chi connectivity index (χ0) is 16.3. The van der Waals surface area contributed by atoms with E-state index in [2.05, 4.69) is 29.2 Å². The lowest BCUT2D eigenvalue weighted by atomic mass is 10.2. The SMILES string of the molecule is Cc1cccc(CS(=O)(=O)NCCc2cc(C)n(C)c2C)c1. The van der Waals surface area contributed by atoms with Crippen molar-refractivity contribution in [3.05, 3.63) is 58.4 Å². The van der Waals surface area contributed by atoms with E-state index in [0.29, 0.717) is 13.0 Å². The molecule has 0 amide bonds. The van der Waals surface area contributed by atoms with Gasteiger partial charge in [0.15, 0.2) is 0 Å². The van der Waals surface area contributed by atoms with Crippen LogP contribution in [-0.2, 0) is 29.2 Å². The quantitative estimate of drug-likeness (QED) is 0.889. The lowest BCUT2D eigenvalue weighted by molar-refractivity contribution is 0.580. The minimum atomic E-state index is -3.29. The number of benzene rings is 1. The molecule has 5 heteroatoms. The summed E-state index contributed by atoms with van der Waals surface area (Å²) >= 11 is 0. The Bertz CT molecular complexity index is 761. The average molecular weight is 320 g/mol. The Balaban J connectivity index is 1.94. The number of nitrogens with one attached hydrogen (secondary N) is 1. The van der Waals surface area contributed by atoms with Crippen LogP contribution in [0.1, 0.15) is 28.1 Å². The zero-order valence-corrected chi connectivity index (χ0v) is 14.5. The highest BCUT2D eigenvalue weighted by atomic mass is 32.2. The van der Waals surface area contributed by atoms with Crippen molar-refractivity contribution >= 4 is 10.0 Å². The van der Waals surface area contributed by atoms with E-state index in [1.165, 1.54) is 17.0 Å². The van der Waals surface area contributed by atoms with Crippen LogP contribution in [-0.4, -0.2) is 19.5 Å². The first-order valence-electron chi connectivity index (χ1n) is 7.43. The Morgan fingerprint density at radius 2 is 1.86 bits per heavy atom. The van der Waals surface area contributed by atoms with Gasteiger partial charge in [-0.3, -0.25) is 0 Å². The van der Waals surface area contributed by atoms with Crippen LogP contribution in [0.2, 0.25) is 0 Å². The van der Waals surface area contributed by atoms with Gasteiger partial charge in [-0.1, -0.05) is 29.8 Å². The summed E-state index contributed by atoms with van der Waals surface area (Å²) in [5, 5.41) is 0. The lowest BCUT2D eigenvalue weighted by Crippen LogP contribution is -2.27. The predicted molar refractivity (Wildman–Crippen MR) is 90.4 cm³/mol. The summed E-state index contributed by atoms with van der Waals surface area (Å²) in [4.78, 5) is 0. The van der Waals surface area contributed by atoms with Crippen LogP contribution >= 0.6 is 0 Å². The maximum atomic E-state index is 12.1. The van der Waals surface area contributed by atoms with Gasteiger partial charge in [0.25, 0.3) is 0 Å². The number of aryl methyl sites for hydroxylation is 2. The van der Waals surface area contributed by atoms with Crippen molar-refractivity contribution in [2.75, 3.05) is 6.54 Å². The molecule has 120 valence electrons. The van der Waals surface area contributed by atoms with Crippen LogP contribution in [0.25, 0.3) is 0 Å². The molecule has 0 spiro atoms. The summed E-state index contributed by atoms with van der Waals surface area (Å²) in [6.07, 6.45) is 0.709. The third-order valence-corrected chi connectivity index (χ3v) is 5.39. The summed E-state index contributed by atoms with van der Waals surface area (Å²) in [6, 6.07) is 9.71. The Hall–Kier alpha value is -1.59. The second-order valence-corrected chi connectivity index (χ2v) is 7.65. The molecule has 1 heterocycles. The van der Waals surface area contributed by atoms with Crippen LogP contribution in [0, 0.1) is 20.8 Å². The molecule has 0 unspecified atom stereocenters. The predicted octanol–water partition coefficient (Wildman–Crippen LogP) is 2.61. The normalized spacial score (nSPS) is 11.8. The van der Waals surface area contributed by atoms with Crippen molar-refractivity contribution in [1.29, 1.82) is 0 Å². The highest BCUT2D eigenvalue weighted by Crippen LogP contribution is 2.13. The summed E-state index contributed by atoms with van der Waals surface area (Å²) in [5.41, 5.74) is 5.46. The van der Waals surface area contributed by atoms with E-state index in [1.54, 1.807) is 0 Å². The molecular weight excluding hydrogens is 296 g/mol. The van der Waals surface area contributed by atoms with E-state index in [0.717, 1.165) is 11.1 Å². The minimum Gasteiger partial charge on any atom is -0.352 e. The Labute approximate surface area is 133 Å². The van der Waals surface area contributed by atoms with Crippen molar-refractivity contribution in [3.8, 4) is 0 Å². The van der Waals surface area contributed by atoms with Gasteiger partial charge in [-0.05, 0) is 44.4 Å². The topological polar surface area (TPSA) is 51.1 Å². The van der Waals surface area contributed by atoms with Gasteiger partial charge in [-0.2, -0.15) is 0 Å². The molecule has 0 aliphatic rings. The van der Waals surface area contributed by atoms with Crippen LogP contribution in [0.3, 0.4) is 0 Å². The van der Waals surface area contributed by atoms with Crippen LogP contribution in [0.5, 0.6) is 0 Å². The second-order valence-electron chi connectivity index (χ2n) is 5.85. The fraction of sp³-hybridized carbons (Fsp3) is 0.412. The largest absolute Gasteiger partial charge is 0.352 e. The molecule has 2 rings (SSSR count). The van der Waals surface area contributed by atoms with E-state index in [9.17, 15) is 8.42 Å².